The molecule has 0 saturated heterocycles. The smallest absolute Gasteiger partial charge is 0.185 e. The van der Waals surface area contributed by atoms with Gasteiger partial charge in [0.15, 0.2) is 5.78 Å². The Bertz CT molecular complexity index is 700. The van der Waals surface area contributed by atoms with Gasteiger partial charge in [0, 0.05) is 10.0 Å². The maximum Gasteiger partial charge on any atom is 0.185 e. The maximum atomic E-state index is 12.6. The number of carbonyl (C=O) groups excluding carboxylic acids is 1. The van der Waals surface area contributed by atoms with Gasteiger partial charge in [-0.25, -0.2) is 0 Å². The molecule has 20 heavy (non-hydrogen) atoms. The monoisotopic (exact) mass is 327 g/mol. The minimum atomic E-state index is -0.770. The molecular weight excluding hydrogens is 314 g/mol. The third-order valence-corrected chi connectivity index (χ3v) is 3.85. The highest BCUT2D eigenvalue weighted by Gasteiger charge is 2.23. The van der Waals surface area contributed by atoms with Gasteiger partial charge in [0.25, 0.3) is 0 Å². The van der Waals surface area contributed by atoms with Crippen molar-refractivity contribution in [2.45, 2.75) is 19.8 Å². The highest BCUT2D eigenvalue weighted by Crippen LogP contribution is 2.26. The molecule has 0 fully saturated rings. The topological polar surface area (TPSA) is 40.9 Å². The third kappa shape index (κ3) is 2.97. The van der Waals surface area contributed by atoms with E-state index in [4.69, 9.17) is 0 Å². The van der Waals surface area contributed by atoms with Crippen LogP contribution >= 0.6 is 15.9 Å². The normalized spacial score (nSPS) is 11.7. The first-order chi connectivity index (χ1) is 9.52. The van der Waals surface area contributed by atoms with E-state index in [9.17, 15) is 10.1 Å². The molecule has 0 amide bonds. The van der Waals surface area contributed by atoms with Gasteiger partial charge in [-0.2, -0.15) is 5.26 Å². The summed E-state index contributed by atoms with van der Waals surface area (Å²) in [6.45, 7) is 3.88. The van der Waals surface area contributed by atoms with Gasteiger partial charge in [0.2, 0.25) is 0 Å². The number of ketones is 1. The van der Waals surface area contributed by atoms with Crippen molar-refractivity contribution in [2.75, 3.05) is 0 Å². The van der Waals surface area contributed by atoms with Gasteiger partial charge in [-0.15, -0.1) is 0 Å². The Morgan fingerprint density at radius 1 is 1.15 bits per heavy atom. The van der Waals surface area contributed by atoms with Crippen molar-refractivity contribution in [3.63, 3.8) is 0 Å². The number of Topliss-reactive ketones (excluding diaryl/α,β-unsaturated/α-hetero) is 1. The van der Waals surface area contributed by atoms with Crippen LogP contribution in [-0.2, 0) is 0 Å². The molecule has 0 aliphatic carbocycles. The van der Waals surface area contributed by atoms with E-state index in [0.717, 1.165) is 21.2 Å². The first-order valence-electron chi connectivity index (χ1n) is 6.29. The number of hydrogen-bond donors (Lipinski definition) is 0. The average Bonchev–Trinajstić information content (AvgIpc) is 2.42. The second kappa shape index (κ2) is 6.02. The molecule has 2 aromatic carbocycles. The number of benzene rings is 2. The number of carbonyl (C=O) groups is 1. The van der Waals surface area contributed by atoms with E-state index in [2.05, 4.69) is 22.0 Å². The fourth-order valence-corrected chi connectivity index (χ4v) is 2.56. The maximum absolute atomic E-state index is 12.6. The summed E-state index contributed by atoms with van der Waals surface area (Å²) in [5.41, 5.74) is 3.33. The molecule has 0 aliphatic rings. The predicted octanol–water partition coefficient (Wildman–Crippen LogP) is 4.56. The van der Waals surface area contributed by atoms with Crippen molar-refractivity contribution in [1.29, 1.82) is 5.26 Å². The molecule has 0 aliphatic heterocycles. The van der Waals surface area contributed by atoms with Gasteiger partial charge in [0.05, 0.1) is 6.07 Å². The van der Waals surface area contributed by atoms with E-state index in [1.54, 1.807) is 0 Å². The lowest BCUT2D eigenvalue weighted by Crippen LogP contribution is -2.12. The number of halogens is 1. The summed E-state index contributed by atoms with van der Waals surface area (Å²) < 4.78 is 0.723. The van der Waals surface area contributed by atoms with E-state index in [1.807, 2.05) is 56.3 Å². The minimum absolute atomic E-state index is 0.173. The summed E-state index contributed by atoms with van der Waals surface area (Å²) in [5.74, 6) is -0.943. The van der Waals surface area contributed by atoms with Crippen molar-refractivity contribution in [3.8, 4) is 6.07 Å². The van der Waals surface area contributed by atoms with Crippen molar-refractivity contribution >= 4 is 21.7 Å². The fourth-order valence-electron chi connectivity index (χ4n) is 2.12. The summed E-state index contributed by atoms with van der Waals surface area (Å²) >= 11 is 3.39. The molecule has 2 rings (SSSR count). The van der Waals surface area contributed by atoms with Gasteiger partial charge < -0.3 is 0 Å². The molecule has 1 unspecified atom stereocenters. The van der Waals surface area contributed by atoms with Crippen LogP contribution in [0, 0.1) is 25.2 Å². The van der Waals surface area contributed by atoms with Crippen molar-refractivity contribution in [1.82, 2.24) is 0 Å². The summed E-state index contributed by atoms with van der Waals surface area (Å²) in [5, 5.41) is 9.38. The van der Waals surface area contributed by atoms with Gasteiger partial charge in [-0.1, -0.05) is 57.4 Å². The van der Waals surface area contributed by atoms with Crippen molar-refractivity contribution in [3.05, 3.63) is 69.2 Å². The van der Waals surface area contributed by atoms with Crippen LogP contribution in [0.3, 0.4) is 0 Å². The molecule has 1 atom stereocenters. The van der Waals surface area contributed by atoms with Crippen LogP contribution in [0.25, 0.3) is 0 Å². The molecule has 0 N–H and O–H groups in total. The highest BCUT2D eigenvalue weighted by atomic mass is 79.9. The van der Waals surface area contributed by atoms with E-state index >= 15 is 0 Å². The van der Waals surface area contributed by atoms with Crippen LogP contribution in [-0.4, -0.2) is 5.78 Å². The number of hydrogen-bond acceptors (Lipinski definition) is 2. The average molecular weight is 328 g/mol. The first-order valence-corrected chi connectivity index (χ1v) is 7.09. The fraction of sp³-hybridized carbons (Fsp3) is 0.176. The first kappa shape index (κ1) is 14.5. The number of aryl methyl sites for hydroxylation is 2. The quantitative estimate of drug-likeness (QED) is 0.775. The lowest BCUT2D eigenvalue weighted by atomic mass is 9.90. The van der Waals surface area contributed by atoms with Crippen LogP contribution in [0.1, 0.15) is 33.0 Å². The molecule has 3 heteroatoms. The lowest BCUT2D eigenvalue weighted by Gasteiger charge is -2.11. The summed E-state index contributed by atoms with van der Waals surface area (Å²) in [7, 11) is 0. The molecule has 2 nitrogen and oxygen atoms in total. The molecule has 0 radical (unpaired) electrons. The van der Waals surface area contributed by atoms with Gasteiger partial charge in [-0.05, 0) is 31.5 Å². The molecule has 100 valence electrons. The van der Waals surface area contributed by atoms with E-state index in [-0.39, 0.29) is 5.78 Å². The number of nitriles is 1. The highest BCUT2D eigenvalue weighted by molar-refractivity contribution is 9.10. The standard InChI is InChI=1S/C17H14BrNO/c1-11-4-3-5-13(8-11)15(10-19)17(20)14-9-12(2)6-7-16(14)18/h3-9,15H,1-2H3. The number of rotatable bonds is 3. The van der Waals surface area contributed by atoms with E-state index < -0.39 is 5.92 Å². The molecule has 0 bridgehead atoms. The molecule has 0 heterocycles. The molecular formula is C17H14BrNO. The summed E-state index contributed by atoms with van der Waals surface area (Å²) in [6, 6.07) is 15.2. The number of nitrogens with zero attached hydrogens (tertiary/aromatic N) is 1. The van der Waals surface area contributed by atoms with E-state index in [0.29, 0.717) is 5.56 Å². The molecule has 0 aromatic heterocycles. The Hall–Kier alpha value is -1.92. The Morgan fingerprint density at radius 2 is 1.85 bits per heavy atom. The molecule has 0 spiro atoms. The predicted molar refractivity (Wildman–Crippen MR) is 82.7 cm³/mol. The van der Waals surface area contributed by atoms with Crippen LogP contribution in [0.5, 0.6) is 0 Å². The second-order valence-corrected chi connectivity index (χ2v) is 5.68. The SMILES string of the molecule is Cc1cccc(C(C#N)C(=O)c2cc(C)ccc2Br)c1. The Labute approximate surface area is 127 Å². The zero-order valence-corrected chi connectivity index (χ0v) is 12.9. The van der Waals surface area contributed by atoms with Crippen molar-refractivity contribution in [2.24, 2.45) is 0 Å². The Morgan fingerprint density at radius 3 is 2.50 bits per heavy atom. The molecule has 2 aromatic rings. The minimum Gasteiger partial charge on any atom is -0.292 e. The van der Waals surface area contributed by atoms with Gasteiger partial charge >= 0.3 is 0 Å². The van der Waals surface area contributed by atoms with E-state index in [1.165, 1.54) is 0 Å². The van der Waals surface area contributed by atoms with Gasteiger partial charge in [-0.3, -0.25) is 4.79 Å². The summed E-state index contributed by atoms with van der Waals surface area (Å²) in [4.78, 5) is 12.6. The van der Waals surface area contributed by atoms with Crippen LogP contribution in [0.15, 0.2) is 46.9 Å². The lowest BCUT2D eigenvalue weighted by molar-refractivity contribution is 0.0978. The molecule has 0 saturated carbocycles. The zero-order chi connectivity index (χ0) is 14.7. The van der Waals surface area contributed by atoms with Crippen molar-refractivity contribution < 1.29 is 4.79 Å². The zero-order valence-electron chi connectivity index (χ0n) is 11.4. The van der Waals surface area contributed by atoms with Gasteiger partial charge in [0.1, 0.15) is 5.92 Å². The Kier molecular flexibility index (Phi) is 4.36. The van der Waals surface area contributed by atoms with Crippen LogP contribution in [0.2, 0.25) is 0 Å². The summed E-state index contributed by atoms with van der Waals surface area (Å²) in [6.07, 6.45) is 0. The third-order valence-electron chi connectivity index (χ3n) is 3.15. The largest absolute Gasteiger partial charge is 0.292 e. The second-order valence-electron chi connectivity index (χ2n) is 4.82. The Balaban J connectivity index is 2.45. The van der Waals surface area contributed by atoms with Crippen LogP contribution < -0.4 is 0 Å². The van der Waals surface area contributed by atoms with Crippen LogP contribution in [0.4, 0.5) is 0 Å².